The predicted molar refractivity (Wildman–Crippen MR) is 90.4 cm³/mol. The first kappa shape index (κ1) is 14.8. The van der Waals surface area contributed by atoms with Crippen LogP contribution < -0.4 is 5.32 Å². The molecule has 0 aliphatic rings. The van der Waals surface area contributed by atoms with E-state index in [1.165, 1.54) is 15.4 Å². The molecule has 0 saturated carbocycles. The highest BCUT2D eigenvalue weighted by molar-refractivity contribution is 7.16. The molecule has 0 radical (unpaired) electrons. The van der Waals surface area contributed by atoms with E-state index in [0.717, 1.165) is 17.3 Å². The van der Waals surface area contributed by atoms with E-state index >= 15 is 0 Å². The van der Waals surface area contributed by atoms with Gasteiger partial charge in [-0.05, 0) is 29.6 Å². The molecule has 1 unspecified atom stereocenters. The molecule has 1 atom stereocenters. The van der Waals surface area contributed by atoms with Gasteiger partial charge in [-0.15, -0.1) is 22.7 Å². The van der Waals surface area contributed by atoms with E-state index in [9.17, 15) is 0 Å². The number of hydrogen-bond acceptors (Lipinski definition) is 4. The van der Waals surface area contributed by atoms with E-state index in [0.29, 0.717) is 0 Å². The van der Waals surface area contributed by atoms with Crippen LogP contribution in [0.3, 0.4) is 0 Å². The van der Waals surface area contributed by atoms with Crippen molar-refractivity contribution in [1.82, 2.24) is 15.1 Å². The zero-order valence-corrected chi connectivity index (χ0v) is 14.0. The van der Waals surface area contributed by atoms with Crippen LogP contribution in [0.25, 0.3) is 0 Å². The molecule has 0 spiro atoms. The second-order valence-electron chi connectivity index (χ2n) is 4.74. The van der Waals surface area contributed by atoms with Crippen molar-refractivity contribution in [2.75, 3.05) is 6.54 Å². The highest BCUT2D eigenvalue weighted by atomic mass is 35.5. The Hall–Kier alpha value is -1.14. The lowest BCUT2D eigenvalue weighted by atomic mass is 10.2. The summed E-state index contributed by atoms with van der Waals surface area (Å²) in [4.78, 5) is 2.57. The van der Waals surface area contributed by atoms with Gasteiger partial charge in [-0.2, -0.15) is 5.10 Å². The fraction of sp³-hybridized carbons (Fsp3) is 0.267. The first-order valence-electron chi connectivity index (χ1n) is 6.73. The van der Waals surface area contributed by atoms with Gasteiger partial charge in [0.05, 0.1) is 10.4 Å². The Morgan fingerprint density at radius 1 is 1.29 bits per heavy atom. The van der Waals surface area contributed by atoms with Crippen LogP contribution in [0.4, 0.5) is 0 Å². The molecule has 0 aliphatic heterocycles. The Labute approximate surface area is 137 Å². The lowest BCUT2D eigenvalue weighted by molar-refractivity contribution is 0.600. The molecule has 0 bridgehead atoms. The predicted octanol–water partition coefficient (Wildman–Crippen LogP) is 4.12. The minimum absolute atomic E-state index is 0.218. The molecule has 110 valence electrons. The fourth-order valence-corrected chi connectivity index (χ4v) is 4.32. The summed E-state index contributed by atoms with van der Waals surface area (Å²) in [5.41, 5.74) is 1.23. The normalized spacial score (nSPS) is 12.7. The monoisotopic (exact) mass is 337 g/mol. The first-order chi connectivity index (χ1) is 10.2. The Morgan fingerprint density at radius 2 is 2.19 bits per heavy atom. The van der Waals surface area contributed by atoms with E-state index in [-0.39, 0.29) is 6.04 Å². The third-order valence-electron chi connectivity index (χ3n) is 3.36. The molecule has 0 aromatic carbocycles. The quantitative estimate of drug-likeness (QED) is 0.733. The van der Waals surface area contributed by atoms with Gasteiger partial charge in [-0.3, -0.25) is 4.68 Å². The number of hydrogen-bond donors (Lipinski definition) is 1. The third kappa shape index (κ3) is 3.55. The van der Waals surface area contributed by atoms with Crippen LogP contribution in [0.2, 0.25) is 4.34 Å². The van der Waals surface area contributed by atoms with Gasteiger partial charge in [0.15, 0.2) is 0 Å². The molecule has 3 rings (SSSR count). The average molecular weight is 338 g/mol. The van der Waals surface area contributed by atoms with Crippen LogP contribution in [0.1, 0.15) is 21.5 Å². The minimum atomic E-state index is 0.218. The summed E-state index contributed by atoms with van der Waals surface area (Å²) in [5, 5.41) is 9.95. The molecule has 0 amide bonds. The molecule has 0 fully saturated rings. The lowest BCUT2D eigenvalue weighted by Gasteiger charge is -2.16. The van der Waals surface area contributed by atoms with Gasteiger partial charge in [0.25, 0.3) is 0 Å². The maximum Gasteiger partial charge on any atom is 0.0931 e. The van der Waals surface area contributed by atoms with Crippen LogP contribution in [0, 0.1) is 0 Å². The molecule has 1 N–H and O–H groups in total. The van der Waals surface area contributed by atoms with Crippen molar-refractivity contribution in [1.29, 1.82) is 0 Å². The standard InChI is InChI=1S/C15H16ClN3S2/c1-19-11(7-9-18-19)6-8-17-15(12-3-2-10-20-12)13-4-5-14(16)21-13/h2-5,7,9-10,15,17H,6,8H2,1H3. The average Bonchev–Trinajstić information content (AvgIpc) is 3.18. The number of halogens is 1. The zero-order chi connectivity index (χ0) is 14.7. The fourth-order valence-electron chi connectivity index (χ4n) is 2.27. The summed E-state index contributed by atoms with van der Waals surface area (Å²) in [6, 6.07) is 10.6. The van der Waals surface area contributed by atoms with Gasteiger partial charge in [0.1, 0.15) is 0 Å². The molecular weight excluding hydrogens is 322 g/mol. The van der Waals surface area contributed by atoms with Crippen LogP contribution in [-0.4, -0.2) is 16.3 Å². The molecule has 3 nitrogen and oxygen atoms in total. The summed E-state index contributed by atoms with van der Waals surface area (Å²) in [5.74, 6) is 0. The molecule has 21 heavy (non-hydrogen) atoms. The Morgan fingerprint density at radius 3 is 2.81 bits per heavy atom. The van der Waals surface area contributed by atoms with E-state index in [2.05, 4.69) is 40.1 Å². The third-order valence-corrected chi connectivity index (χ3v) is 5.59. The summed E-state index contributed by atoms with van der Waals surface area (Å²) < 4.78 is 2.75. The number of nitrogens with one attached hydrogen (secondary N) is 1. The van der Waals surface area contributed by atoms with Crippen LogP contribution in [0.15, 0.2) is 41.9 Å². The number of aryl methyl sites for hydroxylation is 1. The van der Waals surface area contributed by atoms with Gasteiger partial charge >= 0.3 is 0 Å². The smallest absolute Gasteiger partial charge is 0.0931 e. The van der Waals surface area contributed by atoms with Crippen molar-refractivity contribution in [3.63, 3.8) is 0 Å². The van der Waals surface area contributed by atoms with Crippen LogP contribution >= 0.6 is 34.3 Å². The van der Waals surface area contributed by atoms with E-state index in [4.69, 9.17) is 11.6 Å². The van der Waals surface area contributed by atoms with Crippen molar-refractivity contribution in [2.24, 2.45) is 7.05 Å². The van der Waals surface area contributed by atoms with E-state index in [1.807, 2.05) is 24.0 Å². The van der Waals surface area contributed by atoms with E-state index in [1.54, 1.807) is 22.7 Å². The largest absolute Gasteiger partial charge is 0.305 e. The van der Waals surface area contributed by atoms with Gasteiger partial charge in [-0.25, -0.2) is 0 Å². The highest BCUT2D eigenvalue weighted by Gasteiger charge is 2.16. The van der Waals surface area contributed by atoms with Gasteiger partial charge in [0.2, 0.25) is 0 Å². The SMILES string of the molecule is Cn1nccc1CCNC(c1cccs1)c1ccc(Cl)s1. The van der Waals surface area contributed by atoms with Crippen molar-refractivity contribution in [3.8, 4) is 0 Å². The number of nitrogens with zero attached hydrogens (tertiary/aromatic N) is 2. The molecule has 0 aliphatic carbocycles. The molecule has 0 saturated heterocycles. The zero-order valence-electron chi connectivity index (χ0n) is 11.6. The Kier molecular flexibility index (Phi) is 4.75. The van der Waals surface area contributed by atoms with E-state index < -0.39 is 0 Å². The topological polar surface area (TPSA) is 29.9 Å². The number of rotatable bonds is 6. The molecule has 3 aromatic rings. The first-order valence-corrected chi connectivity index (χ1v) is 8.80. The summed E-state index contributed by atoms with van der Waals surface area (Å²) in [6.45, 7) is 0.900. The summed E-state index contributed by atoms with van der Waals surface area (Å²) >= 11 is 9.49. The van der Waals surface area contributed by atoms with Crippen molar-refractivity contribution in [2.45, 2.75) is 12.5 Å². The van der Waals surface area contributed by atoms with Crippen LogP contribution in [0.5, 0.6) is 0 Å². The molecule has 3 heterocycles. The second kappa shape index (κ2) is 6.75. The number of thiophene rings is 2. The van der Waals surface area contributed by atoms with Gasteiger partial charge in [-0.1, -0.05) is 17.7 Å². The molecule has 6 heteroatoms. The van der Waals surface area contributed by atoms with Crippen molar-refractivity contribution in [3.05, 3.63) is 61.7 Å². The molecule has 3 aromatic heterocycles. The number of aromatic nitrogens is 2. The maximum absolute atomic E-state index is 6.08. The summed E-state index contributed by atoms with van der Waals surface area (Å²) in [6.07, 6.45) is 2.79. The highest BCUT2D eigenvalue weighted by Crippen LogP contribution is 2.32. The van der Waals surface area contributed by atoms with Gasteiger partial charge in [0, 0.05) is 41.7 Å². The van der Waals surface area contributed by atoms with Crippen molar-refractivity contribution >= 4 is 34.3 Å². The van der Waals surface area contributed by atoms with Gasteiger partial charge < -0.3 is 5.32 Å². The summed E-state index contributed by atoms with van der Waals surface area (Å²) in [7, 11) is 1.98. The Balaban J connectivity index is 1.70. The lowest BCUT2D eigenvalue weighted by Crippen LogP contribution is -2.24. The minimum Gasteiger partial charge on any atom is -0.305 e. The Bertz CT molecular complexity index is 687. The van der Waals surface area contributed by atoms with Crippen molar-refractivity contribution < 1.29 is 0 Å². The second-order valence-corrected chi connectivity index (χ2v) is 7.47. The maximum atomic E-state index is 6.08. The molecular formula is C15H16ClN3S2. The van der Waals surface area contributed by atoms with Crippen LogP contribution in [-0.2, 0) is 13.5 Å².